The van der Waals surface area contributed by atoms with Gasteiger partial charge in [0.05, 0.1) is 6.61 Å². The van der Waals surface area contributed by atoms with Gasteiger partial charge in [0.2, 0.25) is 0 Å². The number of hydrogen-bond acceptors (Lipinski definition) is 2. The summed E-state index contributed by atoms with van der Waals surface area (Å²) < 4.78 is 5.63. The average Bonchev–Trinajstić information content (AvgIpc) is 2.48. The molecule has 0 aliphatic heterocycles. The van der Waals surface area contributed by atoms with Crippen LogP contribution in [0.4, 0.5) is 5.69 Å². The minimum Gasteiger partial charge on any atom is -0.493 e. The highest BCUT2D eigenvalue weighted by Gasteiger charge is 2.07. The van der Waals surface area contributed by atoms with E-state index in [2.05, 4.69) is 19.2 Å². The van der Waals surface area contributed by atoms with Gasteiger partial charge in [-0.25, -0.2) is 0 Å². The van der Waals surface area contributed by atoms with Crippen molar-refractivity contribution in [2.75, 3.05) is 11.9 Å². The molecule has 0 saturated carbocycles. The van der Waals surface area contributed by atoms with Gasteiger partial charge in [-0.05, 0) is 48.4 Å². The molecule has 0 fully saturated rings. The number of carbonyl (C=O) groups is 1. The molecule has 0 atom stereocenters. The Bertz CT molecular complexity index is 608. The summed E-state index contributed by atoms with van der Waals surface area (Å²) in [5, 5.41) is 3.46. The summed E-state index contributed by atoms with van der Waals surface area (Å²) in [7, 11) is 0. The summed E-state index contributed by atoms with van der Waals surface area (Å²) in [5.41, 5.74) is 1.27. The zero-order valence-corrected chi connectivity index (χ0v) is 12.9. The van der Waals surface area contributed by atoms with E-state index in [1.807, 2.05) is 12.1 Å². The maximum Gasteiger partial charge on any atom is 0.255 e. The van der Waals surface area contributed by atoms with Crippen LogP contribution in [0.1, 0.15) is 24.2 Å². The first-order valence-electron chi connectivity index (χ1n) is 6.84. The quantitative estimate of drug-likeness (QED) is 0.874. The van der Waals surface area contributed by atoms with Gasteiger partial charge in [0, 0.05) is 16.3 Å². The number of hydrogen-bond donors (Lipinski definition) is 1. The highest BCUT2D eigenvalue weighted by molar-refractivity contribution is 6.30. The molecule has 4 heteroatoms. The van der Waals surface area contributed by atoms with E-state index in [0.717, 1.165) is 0 Å². The van der Waals surface area contributed by atoms with Gasteiger partial charge in [0.1, 0.15) is 5.75 Å². The Hall–Kier alpha value is -2.00. The standard InChI is InChI=1S/C17H18ClNO2/c1-12(2)11-21-16-5-3-4-13(10-16)17(20)19-15-8-6-14(18)7-9-15/h3-10,12H,11H2,1-2H3,(H,19,20). The SMILES string of the molecule is CC(C)COc1cccc(C(=O)Nc2ccc(Cl)cc2)c1. The lowest BCUT2D eigenvalue weighted by Crippen LogP contribution is -2.12. The number of rotatable bonds is 5. The first kappa shape index (κ1) is 15.4. The molecule has 0 saturated heterocycles. The topological polar surface area (TPSA) is 38.3 Å². The van der Waals surface area contributed by atoms with Crippen molar-refractivity contribution in [2.24, 2.45) is 5.92 Å². The van der Waals surface area contributed by atoms with E-state index >= 15 is 0 Å². The largest absolute Gasteiger partial charge is 0.493 e. The Morgan fingerprint density at radius 1 is 1.19 bits per heavy atom. The minimum absolute atomic E-state index is 0.174. The number of amides is 1. The molecule has 0 bridgehead atoms. The molecule has 2 aromatic rings. The van der Waals surface area contributed by atoms with E-state index in [9.17, 15) is 4.79 Å². The molecule has 1 amide bonds. The molecule has 0 spiro atoms. The van der Waals surface area contributed by atoms with Crippen molar-refractivity contribution < 1.29 is 9.53 Å². The fraction of sp³-hybridized carbons (Fsp3) is 0.235. The zero-order chi connectivity index (χ0) is 15.2. The summed E-state index contributed by atoms with van der Waals surface area (Å²) in [6, 6.07) is 14.2. The molecule has 1 N–H and O–H groups in total. The third-order valence-electron chi connectivity index (χ3n) is 2.78. The molecule has 0 aromatic heterocycles. The van der Waals surface area contributed by atoms with E-state index in [4.69, 9.17) is 16.3 Å². The van der Waals surface area contributed by atoms with Crippen LogP contribution in [0.3, 0.4) is 0 Å². The maximum absolute atomic E-state index is 12.2. The van der Waals surface area contributed by atoms with Crippen LogP contribution in [0.2, 0.25) is 5.02 Å². The van der Waals surface area contributed by atoms with Crippen LogP contribution in [0.5, 0.6) is 5.75 Å². The molecule has 21 heavy (non-hydrogen) atoms. The second-order valence-corrected chi connectivity index (χ2v) is 5.63. The molecule has 2 aromatic carbocycles. The first-order valence-corrected chi connectivity index (χ1v) is 7.22. The Labute approximate surface area is 129 Å². The zero-order valence-electron chi connectivity index (χ0n) is 12.1. The van der Waals surface area contributed by atoms with Crippen molar-refractivity contribution >= 4 is 23.2 Å². The number of nitrogens with one attached hydrogen (secondary N) is 1. The predicted molar refractivity (Wildman–Crippen MR) is 86.2 cm³/mol. The fourth-order valence-corrected chi connectivity index (χ4v) is 1.85. The second-order valence-electron chi connectivity index (χ2n) is 5.19. The van der Waals surface area contributed by atoms with Crippen molar-refractivity contribution in [2.45, 2.75) is 13.8 Å². The summed E-state index contributed by atoms with van der Waals surface area (Å²) in [4.78, 5) is 12.2. The highest BCUT2D eigenvalue weighted by Crippen LogP contribution is 2.17. The van der Waals surface area contributed by atoms with Crippen molar-refractivity contribution in [1.29, 1.82) is 0 Å². The van der Waals surface area contributed by atoms with Crippen molar-refractivity contribution in [3.8, 4) is 5.75 Å². The molecular weight excluding hydrogens is 286 g/mol. The lowest BCUT2D eigenvalue weighted by atomic mass is 10.2. The normalized spacial score (nSPS) is 10.5. The highest BCUT2D eigenvalue weighted by atomic mass is 35.5. The molecule has 0 radical (unpaired) electrons. The fourth-order valence-electron chi connectivity index (χ4n) is 1.73. The average molecular weight is 304 g/mol. The molecule has 110 valence electrons. The molecule has 0 aliphatic rings. The third-order valence-corrected chi connectivity index (χ3v) is 3.03. The number of halogens is 1. The number of ether oxygens (including phenoxy) is 1. The third kappa shape index (κ3) is 4.80. The number of anilines is 1. The van der Waals surface area contributed by atoms with Crippen molar-refractivity contribution in [3.05, 3.63) is 59.1 Å². The predicted octanol–water partition coefficient (Wildman–Crippen LogP) is 4.63. The van der Waals surface area contributed by atoms with Crippen molar-refractivity contribution in [1.82, 2.24) is 0 Å². The molecule has 0 unspecified atom stereocenters. The molecule has 0 aliphatic carbocycles. The van der Waals surface area contributed by atoms with E-state index < -0.39 is 0 Å². The number of carbonyl (C=O) groups excluding carboxylic acids is 1. The second kappa shape index (κ2) is 7.14. The van der Waals surface area contributed by atoms with Crippen LogP contribution in [0, 0.1) is 5.92 Å². The van der Waals surface area contributed by atoms with Gasteiger partial charge in [-0.2, -0.15) is 0 Å². The smallest absolute Gasteiger partial charge is 0.255 e. The van der Waals surface area contributed by atoms with E-state index in [1.54, 1.807) is 36.4 Å². The van der Waals surface area contributed by atoms with Crippen LogP contribution < -0.4 is 10.1 Å². The van der Waals surface area contributed by atoms with Gasteiger partial charge in [-0.3, -0.25) is 4.79 Å². The van der Waals surface area contributed by atoms with E-state index in [0.29, 0.717) is 34.5 Å². The van der Waals surface area contributed by atoms with Gasteiger partial charge in [-0.1, -0.05) is 31.5 Å². The Morgan fingerprint density at radius 3 is 2.57 bits per heavy atom. The summed E-state index contributed by atoms with van der Waals surface area (Å²) in [6.45, 7) is 4.79. The lowest BCUT2D eigenvalue weighted by molar-refractivity contribution is 0.102. The molecule has 0 heterocycles. The monoisotopic (exact) mass is 303 g/mol. The molecular formula is C17H18ClNO2. The van der Waals surface area contributed by atoms with Gasteiger partial charge >= 0.3 is 0 Å². The van der Waals surface area contributed by atoms with Gasteiger partial charge in [0.25, 0.3) is 5.91 Å². The lowest BCUT2D eigenvalue weighted by Gasteiger charge is -2.10. The van der Waals surface area contributed by atoms with Crippen LogP contribution >= 0.6 is 11.6 Å². The summed E-state index contributed by atoms with van der Waals surface area (Å²) in [5.74, 6) is 0.969. The Kier molecular flexibility index (Phi) is 5.23. The maximum atomic E-state index is 12.2. The van der Waals surface area contributed by atoms with E-state index in [1.165, 1.54) is 0 Å². The summed E-state index contributed by atoms with van der Waals surface area (Å²) in [6.07, 6.45) is 0. The Morgan fingerprint density at radius 2 is 1.90 bits per heavy atom. The van der Waals surface area contributed by atoms with Crippen LogP contribution in [-0.4, -0.2) is 12.5 Å². The van der Waals surface area contributed by atoms with Crippen LogP contribution in [0.15, 0.2) is 48.5 Å². The van der Waals surface area contributed by atoms with Crippen LogP contribution in [-0.2, 0) is 0 Å². The van der Waals surface area contributed by atoms with E-state index in [-0.39, 0.29) is 5.91 Å². The Balaban J connectivity index is 2.05. The summed E-state index contributed by atoms with van der Waals surface area (Å²) >= 11 is 5.82. The van der Waals surface area contributed by atoms with Gasteiger partial charge < -0.3 is 10.1 Å². The first-order chi connectivity index (χ1) is 10.0. The minimum atomic E-state index is -0.174. The van der Waals surface area contributed by atoms with Crippen molar-refractivity contribution in [3.63, 3.8) is 0 Å². The molecule has 3 nitrogen and oxygen atoms in total. The van der Waals surface area contributed by atoms with Gasteiger partial charge in [0.15, 0.2) is 0 Å². The van der Waals surface area contributed by atoms with Crippen LogP contribution in [0.25, 0.3) is 0 Å². The molecule has 2 rings (SSSR count). The number of benzene rings is 2. The van der Waals surface area contributed by atoms with Gasteiger partial charge in [-0.15, -0.1) is 0 Å².